The fourth-order valence-corrected chi connectivity index (χ4v) is 5.68. The van der Waals surface area contributed by atoms with Crippen molar-refractivity contribution in [3.05, 3.63) is 125 Å². The first-order chi connectivity index (χ1) is 19.1. The zero-order valence-corrected chi connectivity index (χ0v) is 22.0. The van der Waals surface area contributed by atoms with Crippen LogP contribution in [0.25, 0.3) is 27.9 Å². The number of aromatic amines is 1. The van der Waals surface area contributed by atoms with Gasteiger partial charge in [-0.15, -0.1) is 0 Å². The third-order valence-electron chi connectivity index (χ3n) is 7.28. The summed E-state index contributed by atoms with van der Waals surface area (Å²) in [6, 6.07) is 34.2. The summed E-state index contributed by atoms with van der Waals surface area (Å²) in [5.41, 5.74) is 6.29. The Morgan fingerprint density at radius 1 is 0.872 bits per heavy atom. The lowest BCUT2D eigenvalue weighted by atomic mass is 10.0. The topological polar surface area (TPSA) is 69.5 Å². The Kier molecular flexibility index (Phi) is 5.49. The van der Waals surface area contributed by atoms with Crippen LogP contribution in [0.5, 0.6) is 0 Å². The summed E-state index contributed by atoms with van der Waals surface area (Å²) >= 11 is 5.43. The van der Waals surface area contributed by atoms with Crippen LogP contribution in [0, 0.1) is 4.77 Å². The zero-order valence-electron chi connectivity index (χ0n) is 21.2. The average molecular weight is 529 g/mol. The Morgan fingerprint density at radius 3 is 2.38 bits per heavy atom. The molecule has 7 nitrogen and oxygen atoms in total. The second-order valence-corrected chi connectivity index (χ2v) is 10.1. The number of para-hydroxylation sites is 1. The van der Waals surface area contributed by atoms with Gasteiger partial charge in [0.2, 0.25) is 4.77 Å². The molecule has 0 saturated carbocycles. The van der Waals surface area contributed by atoms with Gasteiger partial charge in [-0.05, 0) is 47.6 Å². The molecule has 8 heteroatoms. The molecule has 1 unspecified atom stereocenters. The van der Waals surface area contributed by atoms with Crippen LogP contribution in [0.3, 0.4) is 0 Å². The van der Waals surface area contributed by atoms with E-state index in [0.717, 1.165) is 44.8 Å². The summed E-state index contributed by atoms with van der Waals surface area (Å²) in [6.45, 7) is 0.585. The van der Waals surface area contributed by atoms with E-state index in [9.17, 15) is 4.79 Å². The van der Waals surface area contributed by atoms with E-state index in [4.69, 9.17) is 17.2 Å². The van der Waals surface area contributed by atoms with E-state index in [2.05, 4.69) is 39.2 Å². The number of rotatable bonds is 4. The van der Waals surface area contributed by atoms with Gasteiger partial charge in [0.05, 0.1) is 16.8 Å². The predicted octanol–water partition coefficient (Wildman–Crippen LogP) is 6.40. The van der Waals surface area contributed by atoms with Crippen molar-refractivity contribution in [1.29, 1.82) is 0 Å². The highest BCUT2D eigenvalue weighted by atomic mass is 32.1. The quantitative estimate of drug-likeness (QED) is 0.268. The molecule has 0 saturated heterocycles. The molecule has 1 aliphatic rings. The Hall–Kier alpha value is -4.82. The highest BCUT2D eigenvalue weighted by Gasteiger charge is 2.36. The highest BCUT2D eigenvalue weighted by Crippen LogP contribution is 2.39. The van der Waals surface area contributed by atoms with E-state index in [1.165, 1.54) is 0 Å². The van der Waals surface area contributed by atoms with Gasteiger partial charge >= 0.3 is 0 Å². The molecule has 7 rings (SSSR count). The first kappa shape index (κ1) is 23.3. The number of benzene rings is 4. The molecule has 0 aliphatic carbocycles. The summed E-state index contributed by atoms with van der Waals surface area (Å²) in [5.74, 6) is 0.767. The number of nitrogens with one attached hydrogen (secondary N) is 1. The van der Waals surface area contributed by atoms with Crippen LogP contribution in [0.4, 0.5) is 5.69 Å². The summed E-state index contributed by atoms with van der Waals surface area (Å²) in [4.78, 5) is 27.1. The summed E-state index contributed by atoms with van der Waals surface area (Å²) in [7, 11) is 1.87. The third kappa shape index (κ3) is 3.88. The predicted molar refractivity (Wildman–Crippen MR) is 155 cm³/mol. The SMILES string of the molecule is CN1C(=O)c2ccccc2N(Cc2ccc3nc(-c4ccccc4)n4[nH]c(=S)nc4c3c2)C1c1ccccc1. The molecule has 2 aromatic heterocycles. The monoisotopic (exact) mass is 528 g/mol. The second-order valence-electron chi connectivity index (χ2n) is 9.69. The number of hydrogen-bond donors (Lipinski definition) is 1. The number of fused-ring (bicyclic) bond motifs is 4. The molecule has 0 fully saturated rings. The van der Waals surface area contributed by atoms with Gasteiger partial charge in [-0.25, -0.2) is 9.50 Å². The van der Waals surface area contributed by atoms with Crippen LogP contribution in [0.1, 0.15) is 27.7 Å². The number of carbonyl (C=O) groups is 1. The van der Waals surface area contributed by atoms with Gasteiger partial charge in [0, 0.05) is 24.5 Å². The van der Waals surface area contributed by atoms with Gasteiger partial charge in [-0.1, -0.05) is 78.9 Å². The first-order valence-corrected chi connectivity index (χ1v) is 13.1. The lowest BCUT2D eigenvalue weighted by molar-refractivity contribution is 0.0704. The van der Waals surface area contributed by atoms with E-state index in [-0.39, 0.29) is 12.1 Å². The zero-order chi connectivity index (χ0) is 26.5. The number of hydrogen-bond acceptors (Lipinski definition) is 5. The molecule has 1 atom stereocenters. The van der Waals surface area contributed by atoms with Crippen molar-refractivity contribution >= 4 is 40.4 Å². The fourth-order valence-electron chi connectivity index (χ4n) is 5.50. The van der Waals surface area contributed by atoms with Crippen LogP contribution < -0.4 is 4.90 Å². The Balaban J connectivity index is 1.38. The van der Waals surface area contributed by atoms with E-state index in [0.29, 0.717) is 16.9 Å². The third-order valence-corrected chi connectivity index (χ3v) is 7.46. The van der Waals surface area contributed by atoms with Crippen LogP contribution in [-0.4, -0.2) is 37.4 Å². The average Bonchev–Trinajstić information content (AvgIpc) is 3.38. The van der Waals surface area contributed by atoms with Crippen molar-refractivity contribution < 1.29 is 4.79 Å². The van der Waals surface area contributed by atoms with Crippen molar-refractivity contribution in [3.8, 4) is 11.4 Å². The number of anilines is 1. The number of nitrogens with zero attached hydrogens (tertiary/aromatic N) is 5. The largest absolute Gasteiger partial charge is 0.342 e. The van der Waals surface area contributed by atoms with Gasteiger partial charge in [0.15, 0.2) is 11.5 Å². The molecule has 1 amide bonds. The van der Waals surface area contributed by atoms with Gasteiger partial charge in [-0.3, -0.25) is 9.89 Å². The van der Waals surface area contributed by atoms with E-state index >= 15 is 0 Å². The molecule has 39 heavy (non-hydrogen) atoms. The molecule has 0 spiro atoms. The van der Waals surface area contributed by atoms with Crippen LogP contribution >= 0.6 is 12.2 Å². The van der Waals surface area contributed by atoms with Gasteiger partial charge < -0.3 is 9.80 Å². The number of amides is 1. The molecule has 1 N–H and O–H groups in total. The van der Waals surface area contributed by atoms with E-state index in [1.807, 2.05) is 95.3 Å². The second kappa shape index (κ2) is 9.18. The maximum absolute atomic E-state index is 13.3. The van der Waals surface area contributed by atoms with Gasteiger partial charge in [0.25, 0.3) is 5.91 Å². The number of H-pyrrole nitrogens is 1. The molecule has 6 aromatic rings. The lowest BCUT2D eigenvalue weighted by Gasteiger charge is -2.44. The fraction of sp³-hybridized carbons (Fsp3) is 0.0968. The number of carbonyl (C=O) groups excluding carboxylic acids is 1. The standard InChI is InChI=1S/C31H24N6OS/c1-35-29(22-12-6-3-7-13-22)36(26-15-9-8-14-23(26)30(35)38)19-20-16-17-25-24(18-20)28-33-31(39)34-37(28)27(32-25)21-10-4-2-5-11-21/h2-18,29H,19H2,1H3,(H,34,39). The summed E-state index contributed by atoms with van der Waals surface area (Å²) in [6.07, 6.45) is -0.248. The van der Waals surface area contributed by atoms with Gasteiger partial charge in [-0.2, -0.15) is 4.98 Å². The molecule has 0 bridgehead atoms. The molecule has 0 radical (unpaired) electrons. The maximum atomic E-state index is 13.3. The Labute approximate surface area is 230 Å². The molecule has 1 aliphatic heterocycles. The molecular formula is C31H24N6OS. The van der Waals surface area contributed by atoms with Crippen molar-refractivity contribution in [2.45, 2.75) is 12.7 Å². The Bertz CT molecular complexity index is 1910. The minimum atomic E-state index is -0.248. The minimum Gasteiger partial charge on any atom is -0.342 e. The molecular weight excluding hydrogens is 504 g/mol. The van der Waals surface area contributed by atoms with Crippen molar-refractivity contribution in [3.63, 3.8) is 0 Å². The maximum Gasteiger partial charge on any atom is 0.257 e. The minimum absolute atomic E-state index is 0.0134. The van der Waals surface area contributed by atoms with Crippen LogP contribution in [0.15, 0.2) is 103 Å². The van der Waals surface area contributed by atoms with E-state index < -0.39 is 0 Å². The Morgan fingerprint density at radius 2 is 1.59 bits per heavy atom. The number of aromatic nitrogens is 4. The van der Waals surface area contributed by atoms with E-state index in [1.54, 1.807) is 0 Å². The lowest BCUT2D eigenvalue weighted by Crippen LogP contribution is -2.47. The molecule has 190 valence electrons. The summed E-state index contributed by atoms with van der Waals surface area (Å²) < 4.78 is 2.26. The van der Waals surface area contributed by atoms with Crippen LogP contribution in [0.2, 0.25) is 0 Å². The van der Waals surface area contributed by atoms with Crippen molar-refractivity contribution in [2.75, 3.05) is 11.9 Å². The molecule has 4 aromatic carbocycles. The summed E-state index contributed by atoms with van der Waals surface area (Å²) in [5, 5.41) is 4.08. The first-order valence-electron chi connectivity index (χ1n) is 12.7. The smallest absolute Gasteiger partial charge is 0.257 e. The van der Waals surface area contributed by atoms with Crippen molar-refractivity contribution in [2.24, 2.45) is 0 Å². The normalized spacial score (nSPS) is 15.2. The van der Waals surface area contributed by atoms with Gasteiger partial charge in [0.1, 0.15) is 6.17 Å². The van der Waals surface area contributed by atoms with Crippen LogP contribution in [-0.2, 0) is 6.54 Å². The molecule has 3 heterocycles. The van der Waals surface area contributed by atoms with Crippen molar-refractivity contribution in [1.82, 2.24) is 24.5 Å². The highest BCUT2D eigenvalue weighted by molar-refractivity contribution is 7.71.